The molecule has 2 aromatic rings. The van der Waals surface area contributed by atoms with Crippen molar-refractivity contribution in [1.29, 1.82) is 0 Å². The first-order chi connectivity index (χ1) is 12.4. The number of sulfonamides is 1. The van der Waals surface area contributed by atoms with Gasteiger partial charge in [-0.2, -0.15) is 4.31 Å². The molecule has 0 aliphatic carbocycles. The second-order valence-corrected chi connectivity index (χ2v) is 8.25. The third-order valence-corrected chi connectivity index (χ3v) is 6.20. The van der Waals surface area contributed by atoms with Gasteiger partial charge in [0.1, 0.15) is 0 Å². The van der Waals surface area contributed by atoms with Crippen LogP contribution in [-0.2, 0) is 17.1 Å². The van der Waals surface area contributed by atoms with E-state index in [1.165, 1.54) is 16.8 Å². The number of hydrogen-bond donors (Lipinski definition) is 1. The maximum absolute atomic E-state index is 12.7. The van der Waals surface area contributed by atoms with E-state index in [1.807, 2.05) is 31.2 Å². The number of aryl methyl sites for hydroxylation is 2. The van der Waals surface area contributed by atoms with Crippen LogP contribution in [0.4, 0.5) is 10.5 Å². The van der Waals surface area contributed by atoms with Crippen molar-refractivity contribution in [3.05, 3.63) is 42.4 Å². The number of nitrogens with zero attached hydrogens (tertiary/aromatic N) is 4. The lowest BCUT2D eigenvalue weighted by Gasteiger charge is -2.22. The largest absolute Gasteiger partial charge is 0.339 e. The minimum atomic E-state index is -3.64. The van der Waals surface area contributed by atoms with Gasteiger partial charge in [-0.05, 0) is 25.0 Å². The number of anilines is 1. The number of para-hydroxylation sites is 1. The molecular formula is C17H23N5O3S. The minimum Gasteiger partial charge on any atom is -0.339 e. The molecule has 0 radical (unpaired) electrons. The highest BCUT2D eigenvalue weighted by molar-refractivity contribution is 7.89. The fourth-order valence-electron chi connectivity index (χ4n) is 2.90. The molecule has 0 saturated carbocycles. The lowest BCUT2D eigenvalue weighted by Crippen LogP contribution is -2.39. The summed E-state index contributed by atoms with van der Waals surface area (Å²) in [5, 5.41) is 2.94. The summed E-state index contributed by atoms with van der Waals surface area (Å²) >= 11 is 0. The predicted octanol–water partition coefficient (Wildman–Crippen LogP) is 1.66. The van der Waals surface area contributed by atoms with Gasteiger partial charge in [0.2, 0.25) is 0 Å². The van der Waals surface area contributed by atoms with Crippen molar-refractivity contribution in [2.45, 2.75) is 18.4 Å². The minimum absolute atomic E-state index is 0.0396. The number of hydrogen-bond acceptors (Lipinski definition) is 4. The first-order valence-corrected chi connectivity index (χ1v) is 9.91. The fourth-order valence-corrected chi connectivity index (χ4v) is 4.33. The molecule has 0 spiro atoms. The van der Waals surface area contributed by atoms with Gasteiger partial charge in [-0.25, -0.2) is 18.2 Å². The predicted molar refractivity (Wildman–Crippen MR) is 98.4 cm³/mol. The average molecular weight is 377 g/mol. The van der Waals surface area contributed by atoms with E-state index >= 15 is 0 Å². The summed E-state index contributed by atoms with van der Waals surface area (Å²) in [6.07, 6.45) is 3.53. The van der Waals surface area contributed by atoms with Gasteiger partial charge < -0.3 is 14.8 Å². The Morgan fingerprint density at radius 2 is 1.92 bits per heavy atom. The van der Waals surface area contributed by atoms with E-state index in [0.717, 1.165) is 11.3 Å². The number of imidazole rings is 1. The number of nitrogens with one attached hydrogen (secondary N) is 1. The van der Waals surface area contributed by atoms with Gasteiger partial charge in [0.25, 0.3) is 10.0 Å². The van der Waals surface area contributed by atoms with Crippen LogP contribution in [0.1, 0.15) is 12.0 Å². The van der Waals surface area contributed by atoms with Gasteiger partial charge in [-0.15, -0.1) is 0 Å². The summed E-state index contributed by atoms with van der Waals surface area (Å²) in [6.45, 7) is 3.39. The Morgan fingerprint density at radius 3 is 2.62 bits per heavy atom. The van der Waals surface area contributed by atoms with Crippen molar-refractivity contribution < 1.29 is 13.2 Å². The van der Waals surface area contributed by atoms with Crippen LogP contribution in [0.5, 0.6) is 0 Å². The number of carbonyl (C=O) groups excluding carboxylic acids is 1. The molecule has 8 nitrogen and oxygen atoms in total. The standard InChI is InChI=1S/C17H23N5O3S/c1-14-6-3-4-7-15(14)19-17(23)21-8-5-9-22(11-10-21)26(24,25)16-12-20(2)13-18-16/h3-4,6-7,12-13H,5,8-11H2,1-2H3,(H,19,23). The zero-order chi connectivity index (χ0) is 18.7. The average Bonchev–Trinajstić information content (AvgIpc) is 2.90. The van der Waals surface area contributed by atoms with Crippen molar-refractivity contribution in [2.75, 3.05) is 31.5 Å². The number of urea groups is 1. The van der Waals surface area contributed by atoms with E-state index < -0.39 is 10.0 Å². The summed E-state index contributed by atoms with van der Waals surface area (Å²) in [4.78, 5) is 18.1. The van der Waals surface area contributed by atoms with Crippen molar-refractivity contribution >= 4 is 21.7 Å². The maximum atomic E-state index is 12.7. The van der Waals surface area contributed by atoms with Crippen LogP contribution in [0.25, 0.3) is 0 Å². The molecule has 1 saturated heterocycles. The molecule has 2 heterocycles. The molecular weight excluding hydrogens is 354 g/mol. The molecule has 3 rings (SSSR count). The van der Waals surface area contributed by atoms with Crippen molar-refractivity contribution in [2.24, 2.45) is 7.05 Å². The fraction of sp³-hybridized carbons (Fsp3) is 0.412. The summed E-state index contributed by atoms with van der Waals surface area (Å²) < 4.78 is 28.4. The van der Waals surface area contributed by atoms with E-state index in [1.54, 1.807) is 16.5 Å². The second kappa shape index (κ2) is 7.46. The summed E-state index contributed by atoms with van der Waals surface area (Å²) in [7, 11) is -1.91. The maximum Gasteiger partial charge on any atom is 0.321 e. The molecule has 9 heteroatoms. The zero-order valence-corrected chi connectivity index (χ0v) is 15.7. The summed E-state index contributed by atoms with van der Waals surface area (Å²) in [5.41, 5.74) is 1.75. The Kier molecular flexibility index (Phi) is 5.28. The van der Waals surface area contributed by atoms with Crippen LogP contribution in [-0.4, -0.2) is 59.4 Å². The second-order valence-electron chi connectivity index (χ2n) is 6.37. The third kappa shape index (κ3) is 3.88. The number of carbonyl (C=O) groups is 1. The van der Waals surface area contributed by atoms with Gasteiger partial charge in [0, 0.05) is 45.1 Å². The number of amides is 2. The topological polar surface area (TPSA) is 87.5 Å². The smallest absolute Gasteiger partial charge is 0.321 e. The Morgan fingerprint density at radius 1 is 1.15 bits per heavy atom. The highest BCUT2D eigenvalue weighted by atomic mass is 32.2. The van der Waals surface area contributed by atoms with E-state index in [9.17, 15) is 13.2 Å². The SMILES string of the molecule is Cc1ccccc1NC(=O)N1CCCN(S(=O)(=O)c2cn(C)cn2)CC1. The molecule has 1 fully saturated rings. The lowest BCUT2D eigenvalue weighted by atomic mass is 10.2. The normalized spacial score (nSPS) is 16.3. The van der Waals surface area contributed by atoms with Crippen LogP contribution in [0, 0.1) is 6.92 Å². The highest BCUT2D eigenvalue weighted by Gasteiger charge is 2.29. The molecule has 1 aromatic carbocycles. The molecule has 1 aromatic heterocycles. The molecule has 0 bridgehead atoms. The van der Waals surface area contributed by atoms with E-state index in [0.29, 0.717) is 26.1 Å². The quantitative estimate of drug-likeness (QED) is 0.881. The van der Waals surface area contributed by atoms with Gasteiger partial charge in [-0.3, -0.25) is 0 Å². The number of aromatic nitrogens is 2. The van der Waals surface area contributed by atoms with E-state index in [4.69, 9.17) is 0 Å². The van der Waals surface area contributed by atoms with Crippen LogP contribution in [0.3, 0.4) is 0 Å². The summed E-state index contributed by atoms with van der Waals surface area (Å²) in [5.74, 6) is 0. The van der Waals surface area contributed by atoms with Crippen molar-refractivity contribution in [3.8, 4) is 0 Å². The van der Waals surface area contributed by atoms with Crippen LogP contribution < -0.4 is 5.32 Å². The van der Waals surface area contributed by atoms with Gasteiger partial charge in [-0.1, -0.05) is 18.2 Å². The number of benzene rings is 1. The van der Waals surface area contributed by atoms with Crippen molar-refractivity contribution in [1.82, 2.24) is 18.8 Å². The van der Waals surface area contributed by atoms with E-state index in [-0.39, 0.29) is 17.6 Å². The van der Waals surface area contributed by atoms with Gasteiger partial charge in [0.15, 0.2) is 5.03 Å². The molecule has 2 amide bonds. The highest BCUT2D eigenvalue weighted by Crippen LogP contribution is 2.17. The Labute approximate surface area is 153 Å². The van der Waals surface area contributed by atoms with Gasteiger partial charge >= 0.3 is 6.03 Å². The van der Waals surface area contributed by atoms with Crippen LogP contribution >= 0.6 is 0 Å². The molecule has 0 atom stereocenters. The molecule has 140 valence electrons. The van der Waals surface area contributed by atoms with Gasteiger partial charge in [0.05, 0.1) is 6.33 Å². The van der Waals surface area contributed by atoms with Crippen molar-refractivity contribution in [3.63, 3.8) is 0 Å². The number of rotatable bonds is 3. The first-order valence-electron chi connectivity index (χ1n) is 8.47. The molecule has 1 N–H and O–H groups in total. The molecule has 1 aliphatic rings. The summed E-state index contributed by atoms with van der Waals surface area (Å²) in [6, 6.07) is 7.35. The zero-order valence-electron chi connectivity index (χ0n) is 14.9. The Bertz CT molecular complexity index is 893. The van der Waals surface area contributed by atoms with E-state index in [2.05, 4.69) is 10.3 Å². The molecule has 1 aliphatic heterocycles. The Balaban J connectivity index is 1.66. The Hall–Kier alpha value is -2.39. The molecule has 26 heavy (non-hydrogen) atoms. The molecule has 0 unspecified atom stereocenters. The third-order valence-electron chi connectivity index (χ3n) is 4.41. The van der Waals surface area contributed by atoms with Crippen LogP contribution in [0.15, 0.2) is 41.8 Å². The first kappa shape index (κ1) is 18.4. The lowest BCUT2D eigenvalue weighted by molar-refractivity contribution is 0.214. The van der Waals surface area contributed by atoms with Crippen LogP contribution in [0.2, 0.25) is 0 Å². The monoisotopic (exact) mass is 377 g/mol.